The molecular formula is C17H19BrClN. The first-order chi connectivity index (χ1) is 9.60. The summed E-state index contributed by atoms with van der Waals surface area (Å²) in [5.74, 6) is 0. The van der Waals surface area contributed by atoms with E-state index in [2.05, 4.69) is 71.5 Å². The standard InChI is InChI=1S/C17H19BrClN/c1-3-20-17(13-6-8-15(18)9-7-13)11-14-5-4-12(2)10-16(14)19/h4-10,17,20H,3,11H2,1-2H3. The van der Waals surface area contributed by atoms with Crippen LogP contribution in [0.5, 0.6) is 0 Å². The van der Waals surface area contributed by atoms with Crippen molar-refractivity contribution in [3.63, 3.8) is 0 Å². The number of aryl methyl sites for hydroxylation is 1. The van der Waals surface area contributed by atoms with Gasteiger partial charge in [-0.25, -0.2) is 0 Å². The zero-order valence-corrected chi connectivity index (χ0v) is 14.1. The van der Waals surface area contributed by atoms with Gasteiger partial charge >= 0.3 is 0 Å². The third-order valence-corrected chi connectivity index (χ3v) is 4.24. The van der Waals surface area contributed by atoms with Crippen molar-refractivity contribution < 1.29 is 0 Å². The van der Waals surface area contributed by atoms with Crippen molar-refractivity contribution in [2.75, 3.05) is 6.54 Å². The molecule has 0 fully saturated rings. The molecular weight excluding hydrogens is 334 g/mol. The van der Waals surface area contributed by atoms with Gasteiger partial charge in [-0.1, -0.05) is 58.7 Å². The third kappa shape index (κ3) is 4.08. The van der Waals surface area contributed by atoms with Crippen LogP contribution in [0.25, 0.3) is 0 Å². The van der Waals surface area contributed by atoms with Gasteiger partial charge in [0.1, 0.15) is 0 Å². The van der Waals surface area contributed by atoms with Crippen LogP contribution in [0.4, 0.5) is 0 Å². The van der Waals surface area contributed by atoms with Crippen molar-refractivity contribution >= 4 is 27.5 Å². The summed E-state index contributed by atoms with van der Waals surface area (Å²) in [7, 11) is 0. The number of rotatable bonds is 5. The lowest BCUT2D eigenvalue weighted by atomic mass is 9.98. The van der Waals surface area contributed by atoms with Gasteiger partial charge in [0, 0.05) is 15.5 Å². The highest BCUT2D eigenvalue weighted by molar-refractivity contribution is 9.10. The molecule has 3 heteroatoms. The molecule has 0 aliphatic carbocycles. The molecule has 2 aromatic carbocycles. The molecule has 1 unspecified atom stereocenters. The van der Waals surface area contributed by atoms with E-state index in [1.54, 1.807) is 0 Å². The van der Waals surface area contributed by atoms with E-state index in [1.165, 1.54) is 16.7 Å². The van der Waals surface area contributed by atoms with E-state index in [0.29, 0.717) is 0 Å². The number of benzene rings is 2. The summed E-state index contributed by atoms with van der Waals surface area (Å²) in [5, 5.41) is 4.39. The van der Waals surface area contributed by atoms with Crippen LogP contribution in [-0.2, 0) is 6.42 Å². The SMILES string of the molecule is CCNC(Cc1ccc(C)cc1Cl)c1ccc(Br)cc1. The van der Waals surface area contributed by atoms with Gasteiger partial charge in [0.2, 0.25) is 0 Å². The van der Waals surface area contributed by atoms with Gasteiger partial charge in [-0.3, -0.25) is 0 Å². The van der Waals surface area contributed by atoms with Gasteiger partial charge in [-0.2, -0.15) is 0 Å². The predicted octanol–water partition coefficient (Wildman–Crippen LogP) is 5.30. The van der Waals surface area contributed by atoms with E-state index in [-0.39, 0.29) is 6.04 Å². The molecule has 0 aliphatic rings. The number of hydrogen-bond acceptors (Lipinski definition) is 1. The fourth-order valence-corrected chi connectivity index (χ4v) is 2.86. The molecule has 1 nitrogen and oxygen atoms in total. The van der Waals surface area contributed by atoms with Crippen molar-refractivity contribution in [3.05, 3.63) is 68.7 Å². The van der Waals surface area contributed by atoms with E-state index in [9.17, 15) is 0 Å². The first kappa shape index (κ1) is 15.6. The molecule has 0 bridgehead atoms. The zero-order valence-electron chi connectivity index (χ0n) is 11.8. The molecule has 106 valence electrons. The molecule has 1 N–H and O–H groups in total. The molecule has 2 aromatic rings. The highest BCUT2D eigenvalue weighted by atomic mass is 79.9. The minimum absolute atomic E-state index is 0.285. The smallest absolute Gasteiger partial charge is 0.0441 e. The van der Waals surface area contributed by atoms with Gasteiger partial charge < -0.3 is 5.32 Å². The Bertz CT molecular complexity index is 566. The summed E-state index contributed by atoms with van der Waals surface area (Å²) in [5.41, 5.74) is 3.67. The van der Waals surface area contributed by atoms with Crippen molar-refractivity contribution in [1.82, 2.24) is 5.32 Å². The van der Waals surface area contributed by atoms with Crippen LogP contribution in [0.1, 0.15) is 29.7 Å². The molecule has 0 spiro atoms. The van der Waals surface area contributed by atoms with Crippen LogP contribution in [0, 0.1) is 6.92 Å². The van der Waals surface area contributed by atoms with Crippen molar-refractivity contribution in [1.29, 1.82) is 0 Å². The second-order valence-electron chi connectivity index (χ2n) is 4.96. The van der Waals surface area contributed by atoms with Crippen LogP contribution < -0.4 is 5.32 Å². The minimum Gasteiger partial charge on any atom is -0.310 e. The molecule has 0 heterocycles. The molecule has 0 saturated heterocycles. The lowest BCUT2D eigenvalue weighted by Gasteiger charge is -2.19. The highest BCUT2D eigenvalue weighted by Gasteiger charge is 2.13. The van der Waals surface area contributed by atoms with Crippen molar-refractivity contribution in [2.45, 2.75) is 26.3 Å². The maximum absolute atomic E-state index is 6.35. The summed E-state index contributed by atoms with van der Waals surface area (Å²) in [4.78, 5) is 0. The van der Waals surface area contributed by atoms with E-state index in [4.69, 9.17) is 11.6 Å². The molecule has 0 aliphatic heterocycles. The quantitative estimate of drug-likeness (QED) is 0.769. The van der Waals surface area contributed by atoms with E-state index in [1.807, 2.05) is 6.07 Å². The number of nitrogens with one attached hydrogen (secondary N) is 1. The average Bonchev–Trinajstić information content (AvgIpc) is 2.42. The summed E-state index contributed by atoms with van der Waals surface area (Å²) >= 11 is 9.83. The fourth-order valence-electron chi connectivity index (χ4n) is 2.29. The maximum atomic E-state index is 6.35. The Hall–Kier alpha value is -0.830. The Morgan fingerprint density at radius 2 is 1.85 bits per heavy atom. The second kappa shape index (κ2) is 7.26. The zero-order chi connectivity index (χ0) is 14.5. The van der Waals surface area contributed by atoms with Crippen LogP contribution in [0.2, 0.25) is 5.02 Å². The van der Waals surface area contributed by atoms with E-state index < -0.39 is 0 Å². The lowest BCUT2D eigenvalue weighted by molar-refractivity contribution is 0.550. The number of hydrogen-bond donors (Lipinski definition) is 1. The minimum atomic E-state index is 0.285. The molecule has 0 aromatic heterocycles. The average molecular weight is 353 g/mol. The first-order valence-corrected chi connectivity index (χ1v) is 8.01. The normalized spacial score (nSPS) is 12.4. The largest absolute Gasteiger partial charge is 0.310 e. The Labute approximate surface area is 134 Å². The summed E-state index contributed by atoms with van der Waals surface area (Å²) in [6.45, 7) is 5.12. The molecule has 0 amide bonds. The molecule has 0 radical (unpaired) electrons. The van der Waals surface area contributed by atoms with Crippen LogP contribution in [0.15, 0.2) is 46.9 Å². The lowest BCUT2D eigenvalue weighted by Crippen LogP contribution is -2.23. The topological polar surface area (TPSA) is 12.0 Å². The molecule has 0 saturated carbocycles. The van der Waals surface area contributed by atoms with Crippen LogP contribution in [0.3, 0.4) is 0 Å². The predicted molar refractivity (Wildman–Crippen MR) is 90.5 cm³/mol. The van der Waals surface area contributed by atoms with Gasteiger partial charge in [0.15, 0.2) is 0 Å². The van der Waals surface area contributed by atoms with Gasteiger partial charge in [0.25, 0.3) is 0 Å². The van der Waals surface area contributed by atoms with Gasteiger partial charge in [-0.15, -0.1) is 0 Å². The fraction of sp³-hybridized carbons (Fsp3) is 0.294. The molecule has 20 heavy (non-hydrogen) atoms. The number of likely N-dealkylation sites (N-methyl/N-ethyl adjacent to an activating group) is 1. The summed E-state index contributed by atoms with van der Waals surface area (Å²) in [6.07, 6.45) is 0.897. The Morgan fingerprint density at radius 1 is 1.15 bits per heavy atom. The van der Waals surface area contributed by atoms with Crippen molar-refractivity contribution in [2.24, 2.45) is 0 Å². The Kier molecular flexibility index (Phi) is 5.64. The third-order valence-electron chi connectivity index (χ3n) is 3.36. The monoisotopic (exact) mass is 351 g/mol. The molecule has 1 atom stereocenters. The summed E-state index contributed by atoms with van der Waals surface area (Å²) in [6, 6.07) is 15.0. The van der Waals surface area contributed by atoms with Gasteiger partial charge in [-0.05, 0) is 54.8 Å². The summed E-state index contributed by atoms with van der Waals surface area (Å²) < 4.78 is 1.10. The Morgan fingerprint density at radius 3 is 2.45 bits per heavy atom. The highest BCUT2D eigenvalue weighted by Crippen LogP contribution is 2.25. The molecule has 2 rings (SSSR count). The van der Waals surface area contributed by atoms with Crippen LogP contribution >= 0.6 is 27.5 Å². The van der Waals surface area contributed by atoms with E-state index >= 15 is 0 Å². The van der Waals surface area contributed by atoms with Crippen molar-refractivity contribution in [3.8, 4) is 0 Å². The number of halogens is 2. The first-order valence-electron chi connectivity index (χ1n) is 6.84. The second-order valence-corrected chi connectivity index (χ2v) is 6.28. The van der Waals surface area contributed by atoms with E-state index in [0.717, 1.165) is 22.5 Å². The Balaban J connectivity index is 2.22. The van der Waals surface area contributed by atoms with Gasteiger partial charge in [0.05, 0.1) is 0 Å². The van der Waals surface area contributed by atoms with Crippen LogP contribution in [-0.4, -0.2) is 6.54 Å². The maximum Gasteiger partial charge on any atom is 0.0441 e.